The molecule has 0 saturated carbocycles. The summed E-state index contributed by atoms with van der Waals surface area (Å²) >= 11 is 0. The predicted octanol–water partition coefficient (Wildman–Crippen LogP) is 4.17. The molecule has 2 aliphatic rings. The molecule has 1 amide bonds. The summed E-state index contributed by atoms with van der Waals surface area (Å²) in [5.41, 5.74) is 2.18. The molecule has 1 aromatic carbocycles. The lowest BCUT2D eigenvalue weighted by molar-refractivity contribution is 0.0690. The molecule has 4 heteroatoms. The number of hydrogen-bond donors (Lipinski definition) is 0. The van der Waals surface area contributed by atoms with Crippen LogP contribution >= 0.6 is 0 Å². The molecule has 0 aliphatic carbocycles. The van der Waals surface area contributed by atoms with Gasteiger partial charge in [-0.1, -0.05) is 30.3 Å². The third-order valence-electron chi connectivity index (χ3n) is 5.94. The van der Waals surface area contributed by atoms with Gasteiger partial charge in [0.25, 0.3) is 5.91 Å². The van der Waals surface area contributed by atoms with Gasteiger partial charge in [0.2, 0.25) is 0 Å². The molecule has 0 N–H and O–H groups in total. The summed E-state index contributed by atoms with van der Waals surface area (Å²) in [5.74, 6) is 1.71. The quantitative estimate of drug-likeness (QED) is 0.818. The second-order valence-corrected chi connectivity index (χ2v) is 7.85. The minimum atomic E-state index is 0.154. The van der Waals surface area contributed by atoms with Crippen molar-refractivity contribution in [2.45, 2.75) is 38.5 Å². The maximum absolute atomic E-state index is 13.2. The van der Waals surface area contributed by atoms with E-state index in [4.69, 9.17) is 0 Å². The number of nitrogens with zero attached hydrogens (tertiary/aromatic N) is 3. The molecule has 2 saturated heterocycles. The van der Waals surface area contributed by atoms with Gasteiger partial charge in [-0.2, -0.15) is 0 Å². The highest BCUT2D eigenvalue weighted by atomic mass is 16.2. The molecule has 3 heterocycles. The average molecular weight is 364 g/mol. The Morgan fingerprint density at radius 2 is 1.67 bits per heavy atom. The van der Waals surface area contributed by atoms with Crippen molar-refractivity contribution < 1.29 is 4.79 Å². The van der Waals surface area contributed by atoms with Crippen molar-refractivity contribution in [3.63, 3.8) is 0 Å². The molecule has 0 atom stereocenters. The molecule has 142 valence electrons. The molecule has 0 spiro atoms. The molecule has 0 radical (unpaired) electrons. The zero-order chi connectivity index (χ0) is 18.5. The van der Waals surface area contributed by atoms with Gasteiger partial charge < -0.3 is 9.80 Å². The van der Waals surface area contributed by atoms with Gasteiger partial charge >= 0.3 is 0 Å². The van der Waals surface area contributed by atoms with Crippen molar-refractivity contribution in [3.8, 4) is 0 Å². The van der Waals surface area contributed by atoms with Crippen LogP contribution in [0, 0.1) is 5.92 Å². The Labute approximate surface area is 162 Å². The predicted molar refractivity (Wildman–Crippen MR) is 109 cm³/mol. The van der Waals surface area contributed by atoms with E-state index < -0.39 is 0 Å². The monoisotopic (exact) mass is 363 g/mol. The highest BCUT2D eigenvalue weighted by molar-refractivity contribution is 5.99. The van der Waals surface area contributed by atoms with E-state index in [-0.39, 0.29) is 5.91 Å². The molecule has 0 unspecified atom stereocenters. The van der Waals surface area contributed by atoms with Crippen LogP contribution in [0.15, 0.2) is 48.7 Å². The average Bonchev–Trinajstić information content (AvgIpc) is 2.75. The summed E-state index contributed by atoms with van der Waals surface area (Å²) in [5, 5.41) is 0. The Balaban J connectivity index is 1.39. The van der Waals surface area contributed by atoms with Crippen LogP contribution in [0.25, 0.3) is 0 Å². The Hall–Kier alpha value is -2.36. The summed E-state index contributed by atoms with van der Waals surface area (Å²) in [7, 11) is 0. The van der Waals surface area contributed by atoms with Crippen molar-refractivity contribution in [3.05, 3.63) is 59.8 Å². The van der Waals surface area contributed by atoms with Crippen molar-refractivity contribution in [2.24, 2.45) is 5.92 Å². The normalized spacial score (nSPS) is 18.5. The fraction of sp³-hybridized carbons (Fsp3) is 0.478. The first-order valence-corrected chi connectivity index (χ1v) is 10.3. The molecule has 1 aromatic heterocycles. The van der Waals surface area contributed by atoms with E-state index in [0.29, 0.717) is 5.92 Å². The molecule has 2 aliphatic heterocycles. The first-order valence-electron chi connectivity index (χ1n) is 10.3. The number of piperidine rings is 2. The molecule has 4 nitrogen and oxygen atoms in total. The van der Waals surface area contributed by atoms with Gasteiger partial charge in [-0.05, 0) is 62.1 Å². The van der Waals surface area contributed by atoms with Crippen LogP contribution in [0.3, 0.4) is 0 Å². The Bertz CT molecular complexity index is 747. The number of aromatic nitrogens is 1. The lowest BCUT2D eigenvalue weighted by atomic mass is 9.90. The smallest absolute Gasteiger partial charge is 0.257 e. The number of benzene rings is 1. The summed E-state index contributed by atoms with van der Waals surface area (Å²) in [6.07, 6.45) is 8.76. The molecule has 2 aromatic rings. The lowest BCUT2D eigenvalue weighted by Gasteiger charge is -2.34. The summed E-state index contributed by atoms with van der Waals surface area (Å²) in [4.78, 5) is 22.1. The van der Waals surface area contributed by atoms with E-state index in [1.807, 2.05) is 23.2 Å². The number of likely N-dealkylation sites (tertiary alicyclic amines) is 1. The highest BCUT2D eigenvalue weighted by Crippen LogP contribution is 2.26. The number of amides is 1. The number of pyridine rings is 1. The van der Waals surface area contributed by atoms with Gasteiger partial charge in [0.1, 0.15) is 5.82 Å². The molecule has 27 heavy (non-hydrogen) atoms. The van der Waals surface area contributed by atoms with Gasteiger partial charge in [0, 0.05) is 32.4 Å². The van der Waals surface area contributed by atoms with Crippen LogP contribution in [0.4, 0.5) is 5.82 Å². The van der Waals surface area contributed by atoms with Crippen molar-refractivity contribution in [1.29, 1.82) is 0 Å². The van der Waals surface area contributed by atoms with Crippen LogP contribution < -0.4 is 4.90 Å². The molecular formula is C23H29N3O. The number of carbonyl (C=O) groups is 1. The molecule has 0 bridgehead atoms. The standard InChI is InChI=1S/C23H29N3O/c27-23(21-10-7-13-24-22(21)25-14-5-2-6-15-25)26-16-11-20(12-17-26)18-19-8-3-1-4-9-19/h1,3-4,7-10,13,20H,2,5-6,11-12,14-18H2. The van der Waals surface area contributed by atoms with Crippen LogP contribution in [-0.2, 0) is 6.42 Å². The molecule has 2 fully saturated rings. The number of rotatable bonds is 4. The number of hydrogen-bond acceptors (Lipinski definition) is 3. The summed E-state index contributed by atoms with van der Waals surface area (Å²) in [6, 6.07) is 14.5. The van der Waals surface area contributed by atoms with E-state index in [2.05, 4.69) is 40.2 Å². The topological polar surface area (TPSA) is 36.4 Å². The van der Waals surface area contributed by atoms with Crippen LogP contribution in [0.1, 0.15) is 48.0 Å². The first-order chi connectivity index (χ1) is 13.3. The zero-order valence-corrected chi connectivity index (χ0v) is 16.0. The van der Waals surface area contributed by atoms with Crippen LogP contribution in [0.2, 0.25) is 0 Å². The maximum atomic E-state index is 13.2. The van der Waals surface area contributed by atoms with Gasteiger partial charge in [-0.25, -0.2) is 4.98 Å². The Morgan fingerprint density at radius 3 is 2.41 bits per heavy atom. The summed E-state index contributed by atoms with van der Waals surface area (Å²) in [6.45, 7) is 3.72. The highest BCUT2D eigenvalue weighted by Gasteiger charge is 2.27. The lowest BCUT2D eigenvalue weighted by Crippen LogP contribution is -2.40. The fourth-order valence-corrected chi connectivity index (χ4v) is 4.38. The van der Waals surface area contributed by atoms with E-state index in [0.717, 1.165) is 56.8 Å². The first kappa shape index (κ1) is 18.0. The Morgan fingerprint density at radius 1 is 0.926 bits per heavy atom. The Kier molecular flexibility index (Phi) is 5.71. The van der Waals surface area contributed by atoms with Crippen molar-refractivity contribution in [2.75, 3.05) is 31.1 Å². The van der Waals surface area contributed by atoms with Crippen molar-refractivity contribution in [1.82, 2.24) is 9.88 Å². The van der Waals surface area contributed by atoms with E-state index in [1.165, 1.54) is 24.8 Å². The van der Waals surface area contributed by atoms with E-state index in [1.54, 1.807) is 0 Å². The fourth-order valence-electron chi connectivity index (χ4n) is 4.38. The van der Waals surface area contributed by atoms with E-state index >= 15 is 0 Å². The molecule has 4 rings (SSSR count). The van der Waals surface area contributed by atoms with Gasteiger partial charge in [0.05, 0.1) is 5.56 Å². The second-order valence-electron chi connectivity index (χ2n) is 7.85. The molecular weight excluding hydrogens is 334 g/mol. The largest absolute Gasteiger partial charge is 0.356 e. The van der Waals surface area contributed by atoms with Gasteiger partial charge in [-0.15, -0.1) is 0 Å². The summed E-state index contributed by atoms with van der Waals surface area (Å²) < 4.78 is 0. The number of carbonyl (C=O) groups excluding carboxylic acids is 1. The minimum absolute atomic E-state index is 0.154. The van der Waals surface area contributed by atoms with Crippen molar-refractivity contribution >= 4 is 11.7 Å². The van der Waals surface area contributed by atoms with Crippen LogP contribution in [0.5, 0.6) is 0 Å². The SMILES string of the molecule is O=C(c1cccnc1N1CCCCC1)N1CCC(Cc2ccccc2)CC1. The second kappa shape index (κ2) is 8.55. The number of anilines is 1. The zero-order valence-electron chi connectivity index (χ0n) is 16.0. The third kappa shape index (κ3) is 4.32. The van der Waals surface area contributed by atoms with Gasteiger partial charge in [-0.3, -0.25) is 4.79 Å². The van der Waals surface area contributed by atoms with Gasteiger partial charge in [0.15, 0.2) is 0 Å². The minimum Gasteiger partial charge on any atom is -0.356 e. The maximum Gasteiger partial charge on any atom is 0.257 e. The van der Waals surface area contributed by atoms with Crippen LogP contribution in [-0.4, -0.2) is 42.0 Å². The third-order valence-corrected chi connectivity index (χ3v) is 5.94. The van der Waals surface area contributed by atoms with E-state index in [9.17, 15) is 4.79 Å².